The number of aromatic nitrogens is 2. The molecular formula is C15H19N5O3. The first-order valence-corrected chi connectivity index (χ1v) is 7.45. The second-order valence-electron chi connectivity index (χ2n) is 5.07. The molecule has 3 rings (SSSR count). The summed E-state index contributed by atoms with van der Waals surface area (Å²) in [5, 5.41) is 3.10. The van der Waals surface area contributed by atoms with Crippen molar-refractivity contribution in [2.75, 3.05) is 25.0 Å². The molecule has 0 saturated heterocycles. The maximum atomic E-state index is 12.0. The molecule has 23 heavy (non-hydrogen) atoms. The second kappa shape index (κ2) is 6.67. The third-order valence-corrected chi connectivity index (χ3v) is 3.39. The standard InChI is InChI=1S/C15H19N5O3/c16-5-2-7-20-9-12-14(19-15(20)21)18-13-10(22-8-6-17)3-1-4-11(13)23-12/h1,3-4,9H,2,5-8,16-17H2,(H,18,19,21). The molecule has 2 aromatic rings. The molecule has 5 N–H and O–H groups in total. The summed E-state index contributed by atoms with van der Waals surface area (Å²) in [6.45, 7) is 1.81. The molecule has 0 radical (unpaired) electrons. The smallest absolute Gasteiger partial charge is 0.349 e. The van der Waals surface area contributed by atoms with Crippen LogP contribution in [0.4, 0.5) is 11.5 Å². The van der Waals surface area contributed by atoms with Gasteiger partial charge in [-0.2, -0.15) is 4.98 Å². The zero-order valence-corrected chi connectivity index (χ0v) is 12.6. The molecule has 0 spiro atoms. The highest BCUT2D eigenvalue weighted by Crippen LogP contribution is 2.44. The van der Waals surface area contributed by atoms with Crippen LogP contribution in [0.15, 0.2) is 29.2 Å². The highest BCUT2D eigenvalue weighted by atomic mass is 16.5. The predicted molar refractivity (Wildman–Crippen MR) is 86.5 cm³/mol. The van der Waals surface area contributed by atoms with Gasteiger partial charge in [-0.05, 0) is 25.1 Å². The number of rotatable bonds is 6. The van der Waals surface area contributed by atoms with E-state index in [9.17, 15) is 4.79 Å². The van der Waals surface area contributed by atoms with Gasteiger partial charge in [-0.15, -0.1) is 0 Å². The van der Waals surface area contributed by atoms with Crippen molar-refractivity contribution in [2.24, 2.45) is 11.5 Å². The van der Waals surface area contributed by atoms with Gasteiger partial charge in [-0.1, -0.05) is 6.07 Å². The van der Waals surface area contributed by atoms with Crippen molar-refractivity contribution in [1.29, 1.82) is 0 Å². The summed E-state index contributed by atoms with van der Waals surface area (Å²) in [6, 6.07) is 5.45. The number of anilines is 2. The summed E-state index contributed by atoms with van der Waals surface area (Å²) in [7, 11) is 0. The monoisotopic (exact) mass is 317 g/mol. The first-order chi connectivity index (χ1) is 11.2. The third-order valence-electron chi connectivity index (χ3n) is 3.39. The van der Waals surface area contributed by atoms with Gasteiger partial charge in [0.05, 0.1) is 6.20 Å². The molecule has 1 aromatic carbocycles. The Morgan fingerprint density at radius 2 is 2.13 bits per heavy atom. The number of para-hydroxylation sites is 1. The molecule has 0 saturated carbocycles. The van der Waals surface area contributed by atoms with Gasteiger partial charge < -0.3 is 26.3 Å². The lowest BCUT2D eigenvalue weighted by Crippen LogP contribution is -2.25. The van der Waals surface area contributed by atoms with Crippen LogP contribution in [0.1, 0.15) is 6.42 Å². The Morgan fingerprint density at radius 1 is 1.26 bits per heavy atom. The fourth-order valence-corrected chi connectivity index (χ4v) is 2.30. The fourth-order valence-electron chi connectivity index (χ4n) is 2.30. The van der Waals surface area contributed by atoms with Crippen molar-refractivity contribution in [3.63, 3.8) is 0 Å². The van der Waals surface area contributed by atoms with Crippen LogP contribution in [0.5, 0.6) is 17.2 Å². The van der Waals surface area contributed by atoms with E-state index in [0.29, 0.717) is 61.4 Å². The number of nitrogens with zero attached hydrogens (tertiary/aromatic N) is 2. The predicted octanol–water partition coefficient (Wildman–Crippen LogP) is 0.779. The van der Waals surface area contributed by atoms with Gasteiger partial charge in [-0.25, -0.2) is 4.79 Å². The van der Waals surface area contributed by atoms with Crippen LogP contribution in [0.25, 0.3) is 0 Å². The first-order valence-electron chi connectivity index (χ1n) is 7.45. The topological polar surface area (TPSA) is 117 Å². The normalized spacial score (nSPS) is 11.9. The van der Waals surface area contributed by atoms with Crippen LogP contribution in [0.3, 0.4) is 0 Å². The summed E-state index contributed by atoms with van der Waals surface area (Å²) < 4.78 is 12.9. The SMILES string of the molecule is NCCCn1cc2c(nc1=O)Nc1c(OCCN)cccc1O2. The lowest BCUT2D eigenvalue weighted by Gasteiger charge is -2.23. The van der Waals surface area contributed by atoms with Crippen LogP contribution in [-0.4, -0.2) is 29.2 Å². The molecular weight excluding hydrogens is 298 g/mol. The van der Waals surface area contributed by atoms with Crippen molar-refractivity contribution in [2.45, 2.75) is 13.0 Å². The average molecular weight is 317 g/mol. The van der Waals surface area contributed by atoms with Crippen LogP contribution in [0.2, 0.25) is 0 Å². The number of hydrogen-bond acceptors (Lipinski definition) is 7. The molecule has 0 unspecified atom stereocenters. The van der Waals surface area contributed by atoms with E-state index in [0.717, 1.165) is 0 Å². The quantitative estimate of drug-likeness (QED) is 0.615. The second-order valence-corrected chi connectivity index (χ2v) is 5.07. The Kier molecular flexibility index (Phi) is 4.45. The fraction of sp³-hybridized carbons (Fsp3) is 0.333. The number of hydrogen-bond donors (Lipinski definition) is 3. The van der Waals surface area contributed by atoms with Gasteiger partial charge in [0.1, 0.15) is 18.0 Å². The van der Waals surface area contributed by atoms with E-state index >= 15 is 0 Å². The van der Waals surface area contributed by atoms with Crippen molar-refractivity contribution < 1.29 is 9.47 Å². The molecule has 1 aliphatic rings. The van der Waals surface area contributed by atoms with E-state index in [1.807, 2.05) is 12.1 Å². The zero-order chi connectivity index (χ0) is 16.2. The Balaban J connectivity index is 1.92. The van der Waals surface area contributed by atoms with Crippen LogP contribution < -0.4 is 31.9 Å². The number of ether oxygens (including phenoxy) is 2. The van der Waals surface area contributed by atoms with E-state index in [4.69, 9.17) is 20.9 Å². The summed E-state index contributed by atoms with van der Waals surface area (Å²) in [5.74, 6) is 2.07. The molecule has 0 atom stereocenters. The molecule has 2 heterocycles. The summed E-state index contributed by atoms with van der Waals surface area (Å²) in [5.41, 5.74) is 11.2. The molecule has 0 bridgehead atoms. The van der Waals surface area contributed by atoms with E-state index in [2.05, 4.69) is 10.3 Å². The molecule has 1 aromatic heterocycles. The number of fused-ring (bicyclic) bond motifs is 2. The Hall–Kier alpha value is -2.58. The minimum atomic E-state index is -0.350. The highest BCUT2D eigenvalue weighted by molar-refractivity contribution is 5.77. The van der Waals surface area contributed by atoms with Gasteiger partial charge in [0.2, 0.25) is 0 Å². The number of benzene rings is 1. The largest absolute Gasteiger partial charge is 0.490 e. The molecule has 8 heteroatoms. The molecule has 0 fully saturated rings. The van der Waals surface area contributed by atoms with Crippen LogP contribution in [0, 0.1) is 0 Å². The van der Waals surface area contributed by atoms with Crippen molar-refractivity contribution >= 4 is 11.5 Å². The summed E-state index contributed by atoms with van der Waals surface area (Å²) in [6.07, 6.45) is 2.34. The lowest BCUT2D eigenvalue weighted by molar-refractivity contribution is 0.328. The molecule has 0 amide bonds. The average Bonchev–Trinajstić information content (AvgIpc) is 2.56. The third kappa shape index (κ3) is 3.13. The highest BCUT2D eigenvalue weighted by Gasteiger charge is 2.22. The van der Waals surface area contributed by atoms with Crippen LogP contribution in [-0.2, 0) is 6.54 Å². The minimum Gasteiger partial charge on any atom is -0.490 e. The molecule has 122 valence electrons. The van der Waals surface area contributed by atoms with Gasteiger partial charge in [0, 0.05) is 13.1 Å². The molecule has 8 nitrogen and oxygen atoms in total. The number of nitrogens with one attached hydrogen (secondary N) is 1. The van der Waals surface area contributed by atoms with Crippen molar-refractivity contribution in [3.8, 4) is 17.2 Å². The lowest BCUT2D eigenvalue weighted by atomic mass is 10.2. The maximum Gasteiger partial charge on any atom is 0.349 e. The minimum absolute atomic E-state index is 0.350. The van der Waals surface area contributed by atoms with Gasteiger partial charge in [0.15, 0.2) is 17.3 Å². The Bertz CT molecular complexity index is 759. The van der Waals surface area contributed by atoms with E-state index in [-0.39, 0.29) is 5.69 Å². The molecule has 0 aliphatic carbocycles. The Morgan fingerprint density at radius 3 is 2.91 bits per heavy atom. The van der Waals surface area contributed by atoms with E-state index in [1.165, 1.54) is 4.57 Å². The van der Waals surface area contributed by atoms with Crippen LogP contribution >= 0.6 is 0 Å². The van der Waals surface area contributed by atoms with E-state index < -0.39 is 0 Å². The summed E-state index contributed by atoms with van der Waals surface area (Å²) in [4.78, 5) is 16.1. The van der Waals surface area contributed by atoms with E-state index in [1.54, 1.807) is 12.3 Å². The first kappa shape index (κ1) is 15.3. The zero-order valence-electron chi connectivity index (χ0n) is 12.6. The maximum absolute atomic E-state index is 12.0. The summed E-state index contributed by atoms with van der Waals surface area (Å²) >= 11 is 0. The van der Waals surface area contributed by atoms with Gasteiger partial charge in [0.25, 0.3) is 0 Å². The van der Waals surface area contributed by atoms with Gasteiger partial charge in [-0.3, -0.25) is 4.57 Å². The van der Waals surface area contributed by atoms with Crippen molar-refractivity contribution in [3.05, 3.63) is 34.9 Å². The Labute approximate surface area is 133 Å². The molecule has 1 aliphatic heterocycles. The number of nitrogens with two attached hydrogens (primary N) is 2. The van der Waals surface area contributed by atoms with Gasteiger partial charge >= 0.3 is 5.69 Å². The number of aryl methyl sites for hydroxylation is 1. The van der Waals surface area contributed by atoms with Crippen molar-refractivity contribution in [1.82, 2.24) is 9.55 Å².